The van der Waals surface area contributed by atoms with Gasteiger partial charge in [-0.1, -0.05) is 54.6 Å². The number of ether oxygens (including phenoxy) is 1. The lowest BCUT2D eigenvalue weighted by molar-refractivity contribution is -0.134. The molecule has 0 aromatic heterocycles. The topological polar surface area (TPSA) is 26.3 Å². The SMILES string of the molecule is O=C(CCc1cccc2ccccc12)Oc1ccccc1I. The average molecular weight is 402 g/mol. The lowest BCUT2D eigenvalue weighted by Gasteiger charge is -2.08. The van der Waals surface area contributed by atoms with Gasteiger partial charge in [0, 0.05) is 0 Å². The quantitative estimate of drug-likeness (QED) is 0.350. The molecule has 0 aliphatic rings. The van der Waals surface area contributed by atoms with Gasteiger partial charge in [-0.15, -0.1) is 0 Å². The summed E-state index contributed by atoms with van der Waals surface area (Å²) >= 11 is 2.17. The van der Waals surface area contributed by atoms with Gasteiger partial charge in [0.05, 0.1) is 9.99 Å². The van der Waals surface area contributed by atoms with Crippen molar-refractivity contribution in [3.63, 3.8) is 0 Å². The molecule has 0 N–H and O–H groups in total. The first-order chi connectivity index (χ1) is 10.7. The lowest BCUT2D eigenvalue weighted by Crippen LogP contribution is -2.09. The Bertz CT molecular complexity index is 806. The number of hydrogen-bond donors (Lipinski definition) is 0. The molecule has 2 nitrogen and oxygen atoms in total. The molecule has 0 bridgehead atoms. The van der Waals surface area contributed by atoms with Crippen LogP contribution in [0.3, 0.4) is 0 Å². The molecule has 22 heavy (non-hydrogen) atoms. The molecule has 0 saturated carbocycles. The molecule has 3 aromatic carbocycles. The third kappa shape index (κ3) is 3.47. The Hall–Kier alpha value is -1.88. The van der Waals surface area contributed by atoms with Crippen LogP contribution in [0, 0.1) is 3.57 Å². The molecule has 3 aromatic rings. The third-order valence-corrected chi connectivity index (χ3v) is 4.43. The number of hydrogen-bond acceptors (Lipinski definition) is 2. The molecule has 0 aliphatic heterocycles. The Morgan fingerprint density at radius 2 is 1.64 bits per heavy atom. The Morgan fingerprint density at radius 1 is 0.909 bits per heavy atom. The molecule has 0 unspecified atom stereocenters. The van der Waals surface area contributed by atoms with E-state index in [4.69, 9.17) is 4.74 Å². The minimum absolute atomic E-state index is 0.197. The van der Waals surface area contributed by atoms with Crippen molar-refractivity contribution in [1.29, 1.82) is 0 Å². The van der Waals surface area contributed by atoms with E-state index in [-0.39, 0.29) is 5.97 Å². The number of carbonyl (C=O) groups is 1. The Labute approximate surface area is 143 Å². The molecule has 0 aliphatic carbocycles. The van der Waals surface area contributed by atoms with Gasteiger partial charge in [0.2, 0.25) is 0 Å². The molecule has 110 valence electrons. The molecule has 0 saturated heterocycles. The fraction of sp³-hybridized carbons (Fsp3) is 0.105. The zero-order valence-electron chi connectivity index (χ0n) is 12.0. The molecule has 0 spiro atoms. The number of esters is 1. The minimum atomic E-state index is -0.197. The molecule has 0 amide bonds. The molecule has 0 fully saturated rings. The average Bonchev–Trinajstić information content (AvgIpc) is 2.55. The zero-order chi connectivity index (χ0) is 15.4. The lowest BCUT2D eigenvalue weighted by atomic mass is 10.0. The van der Waals surface area contributed by atoms with Crippen molar-refractivity contribution in [2.45, 2.75) is 12.8 Å². The van der Waals surface area contributed by atoms with Gasteiger partial charge in [-0.25, -0.2) is 0 Å². The van der Waals surface area contributed by atoms with Gasteiger partial charge in [-0.2, -0.15) is 0 Å². The first-order valence-electron chi connectivity index (χ1n) is 7.16. The maximum atomic E-state index is 12.0. The number of aryl methyl sites for hydroxylation is 1. The van der Waals surface area contributed by atoms with Crippen LogP contribution in [-0.2, 0) is 11.2 Å². The summed E-state index contributed by atoms with van der Waals surface area (Å²) in [4.78, 5) is 12.0. The van der Waals surface area contributed by atoms with Crippen LogP contribution >= 0.6 is 22.6 Å². The summed E-state index contributed by atoms with van der Waals surface area (Å²) < 4.78 is 6.38. The van der Waals surface area contributed by atoms with Crippen LogP contribution in [0.2, 0.25) is 0 Å². The molecule has 0 heterocycles. The van der Waals surface area contributed by atoms with Crippen LogP contribution < -0.4 is 4.74 Å². The number of para-hydroxylation sites is 1. The highest BCUT2D eigenvalue weighted by atomic mass is 127. The molecule has 3 heteroatoms. The minimum Gasteiger partial charge on any atom is -0.425 e. The van der Waals surface area contributed by atoms with Gasteiger partial charge in [0.1, 0.15) is 5.75 Å². The maximum absolute atomic E-state index is 12.0. The molecular formula is C19H15IO2. The highest BCUT2D eigenvalue weighted by Gasteiger charge is 2.09. The second kappa shape index (κ2) is 6.92. The number of halogens is 1. The number of fused-ring (bicyclic) bond motifs is 1. The predicted molar refractivity (Wildman–Crippen MR) is 97.1 cm³/mol. The fourth-order valence-electron chi connectivity index (χ4n) is 2.45. The largest absolute Gasteiger partial charge is 0.425 e. The summed E-state index contributed by atoms with van der Waals surface area (Å²) in [7, 11) is 0. The second-order valence-corrected chi connectivity index (χ2v) is 6.20. The van der Waals surface area contributed by atoms with Crippen molar-refractivity contribution in [3.05, 3.63) is 75.9 Å². The smallest absolute Gasteiger partial charge is 0.311 e. The van der Waals surface area contributed by atoms with Crippen LogP contribution in [0.25, 0.3) is 10.8 Å². The third-order valence-electron chi connectivity index (χ3n) is 3.54. The van der Waals surface area contributed by atoms with Crippen LogP contribution in [0.5, 0.6) is 5.75 Å². The molecule has 0 atom stereocenters. The van der Waals surface area contributed by atoms with Crippen LogP contribution in [0.15, 0.2) is 66.7 Å². The van der Waals surface area contributed by atoms with E-state index >= 15 is 0 Å². The van der Waals surface area contributed by atoms with Crippen LogP contribution in [0.1, 0.15) is 12.0 Å². The van der Waals surface area contributed by atoms with Crippen LogP contribution in [-0.4, -0.2) is 5.97 Å². The summed E-state index contributed by atoms with van der Waals surface area (Å²) in [6, 6.07) is 22.0. The van der Waals surface area contributed by atoms with E-state index in [0.717, 1.165) is 3.57 Å². The van der Waals surface area contributed by atoms with Crippen molar-refractivity contribution in [3.8, 4) is 5.75 Å². The van der Waals surface area contributed by atoms with Crippen LogP contribution in [0.4, 0.5) is 0 Å². The normalized spacial score (nSPS) is 10.6. The Morgan fingerprint density at radius 3 is 2.50 bits per heavy atom. The van der Waals surface area contributed by atoms with Gasteiger partial charge >= 0.3 is 5.97 Å². The van der Waals surface area contributed by atoms with Crippen molar-refractivity contribution in [2.75, 3.05) is 0 Å². The van der Waals surface area contributed by atoms with E-state index in [0.29, 0.717) is 18.6 Å². The van der Waals surface area contributed by atoms with Crippen molar-refractivity contribution < 1.29 is 9.53 Å². The van der Waals surface area contributed by atoms with Crippen molar-refractivity contribution in [1.82, 2.24) is 0 Å². The van der Waals surface area contributed by atoms with Gasteiger partial charge in [0.15, 0.2) is 0 Å². The highest BCUT2D eigenvalue weighted by Crippen LogP contribution is 2.22. The summed E-state index contributed by atoms with van der Waals surface area (Å²) in [5.74, 6) is 0.433. The van der Waals surface area contributed by atoms with Gasteiger partial charge < -0.3 is 4.74 Å². The van der Waals surface area contributed by atoms with Crippen molar-refractivity contribution >= 4 is 39.3 Å². The van der Waals surface area contributed by atoms with E-state index in [1.165, 1.54) is 16.3 Å². The zero-order valence-corrected chi connectivity index (χ0v) is 14.1. The molecular weight excluding hydrogens is 387 g/mol. The number of rotatable bonds is 4. The molecule has 3 rings (SSSR count). The highest BCUT2D eigenvalue weighted by molar-refractivity contribution is 14.1. The number of benzene rings is 3. The van der Waals surface area contributed by atoms with E-state index in [9.17, 15) is 4.79 Å². The van der Waals surface area contributed by atoms with Gasteiger partial charge in [-0.3, -0.25) is 4.79 Å². The fourth-order valence-corrected chi connectivity index (χ4v) is 2.95. The monoisotopic (exact) mass is 402 g/mol. The standard InChI is InChI=1S/C19H15IO2/c20-17-10-3-4-11-18(17)22-19(21)13-12-15-8-5-7-14-6-1-2-9-16(14)15/h1-11H,12-13H2. The Balaban J connectivity index is 1.69. The second-order valence-electron chi connectivity index (χ2n) is 5.04. The van der Waals surface area contributed by atoms with E-state index in [1.54, 1.807) is 0 Å². The van der Waals surface area contributed by atoms with E-state index in [2.05, 4.69) is 46.9 Å². The van der Waals surface area contributed by atoms with Crippen molar-refractivity contribution in [2.24, 2.45) is 0 Å². The van der Waals surface area contributed by atoms with Gasteiger partial charge in [-0.05, 0) is 57.5 Å². The summed E-state index contributed by atoms with van der Waals surface area (Å²) in [6.07, 6.45) is 1.06. The summed E-state index contributed by atoms with van der Waals surface area (Å²) in [6.45, 7) is 0. The van der Waals surface area contributed by atoms with E-state index < -0.39 is 0 Å². The van der Waals surface area contributed by atoms with Gasteiger partial charge in [0.25, 0.3) is 0 Å². The first-order valence-corrected chi connectivity index (χ1v) is 8.24. The maximum Gasteiger partial charge on any atom is 0.311 e. The summed E-state index contributed by atoms with van der Waals surface area (Å²) in [5, 5.41) is 2.40. The van der Waals surface area contributed by atoms with E-state index in [1.807, 2.05) is 42.5 Å². The Kier molecular flexibility index (Phi) is 4.73. The predicted octanol–water partition coefficient (Wildman–Crippen LogP) is 4.98. The molecule has 0 radical (unpaired) electrons. The number of carbonyl (C=O) groups excluding carboxylic acids is 1. The summed E-state index contributed by atoms with van der Waals surface area (Å²) in [5.41, 5.74) is 1.18. The first kappa shape index (κ1) is 15.0.